The van der Waals surface area contributed by atoms with Gasteiger partial charge in [-0.1, -0.05) is 46.4 Å². The number of alkyl halides is 4. The lowest BCUT2D eigenvalue weighted by Gasteiger charge is -2.33. The third-order valence-electron chi connectivity index (χ3n) is 5.42. The summed E-state index contributed by atoms with van der Waals surface area (Å²) >= 11 is 37.9. The number of carboxylic acids is 1. The molecule has 4 atom stereocenters. The average molecular weight is 551 g/mol. The number of aliphatic carboxylic acids is 1. The van der Waals surface area contributed by atoms with Gasteiger partial charge in [0, 0.05) is 5.56 Å². The Morgan fingerprint density at radius 1 is 0.935 bits per heavy atom. The number of benzene rings is 1. The summed E-state index contributed by atoms with van der Waals surface area (Å²) in [7, 11) is 0. The zero-order valence-corrected chi connectivity index (χ0v) is 19.4. The molecule has 1 aliphatic heterocycles. The van der Waals surface area contributed by atoms with Crippen LogP contribution in [0.5, 0.6) is 11.5 Å². The summed E-state index contributed by atoms with van der Waals surface area (Å²) in [5.74, 6) is -5.91. The molecule has 1 aromatic carbocycles. The van der Waals surface area contributed by atoms with Crippen LogP contribution in [0, 0.1) is 11.8 Å². The number of amides is 2. The molecule has 3 N–H and O–H groups in total. The largest absolute Gasteiger partial charge is 0.481 e. The molecule has 0 saturated heterocycles. The number of nitrogens with one attached hydrogen (secondary N) is 2. The number of allylic oxidation sites excluding steroid dienone is 2. The molecule has 0 radical (unpaired) electrons. The highest BCUT2D eigenvalue weighted by molar-refractivity contribution is 6.66. The molecule has 3 aliphatic rings. The molecule has 1 heterocycles. The smallest absolute Gasteiger partial charge is 0.309 e. The van der Waals surface area contributed by atoms with Crippen LogP contribution in [-0.4, -0.2) is 43.8 Å². The molecule has 2 bridgehead atoms. The average Bonchev–Trinajstić information content (AvgIpc) is 3.27. The van der Waals surface area contributed by atoms with Gasteiger partial charge in [0.05, 0.1) is 21.9 Å². The maximum Gasteiger partial charge on any atom is 0.309 e. The minimum atomic E-state index is -2.25. The highest BCUT2D eigenvalue weighted by atomic mass is 35.5. The van der Waals surface area contributed by atoms with Crippen molar-refractivity contribution in [2.24, 2.45) is 11.8 Å². The molecule has 2 aliphatic carbocycles. The van der Waals surface area contributed by atoms with Gasteiger partial charge >= 0.3 is 5.97 Å². The van der Waals surface area contributed by atoms with Crippen LogP contribution in [0.15, 0.2) is 28.3 Å². The van der Waals surface area contributed by atoms with E-state index in [9.17, 15) is 19.5 Å². The molecule has 0 aromatic heterocycles. The first kappa shape index (κ1) is 22.9. The first-order valence-electron chi connectivity index (χ1n) is 8.43. The van der Waals surface area contributed by atoms with E-state index in [0.717, 1.165) is 0 Å². The number of hydrogen-bond acceptors (Lipinski definition) is 5. The van der Waals surface area contributed by atoms with Gasteiger partial charge in [0.15, 0.2) is 15.8 Å². The van der Waals surface area contributed by atoms with Gasteiger partial charge in [0.2, 0.25) is 12.7 Å². The lowest BCUT2D eigenvalue weighted by molar-refractivity contribution is -0.147. The second-order valence-electron chi connectivity index (χ2n) is 6.93. The molecule has 1 saturated carbocycles. The predicted molar refractivity (Wildman–Crippen MR) is 113 cm³/mol. The van der Waals surface area contributed by atoms with E-state index in [0.29, 0.717) is 11.5 Å². The number of halogens is 6. The fraction of sp³-hybridized carbons (Fsp3) is 0.353. The third kappa shape index (κ3) is 2.85. The first-order valence-corrected chi connectivity index (χ1v) is 10.7. The van der Waals surface area contributed by atoms with Crippen LogP contribution in [-0.2, 0) is 9.59 Å². The fourth-order valence-corrected chi connectivity index (χ4v) is 6.87. The quantitative estimate of drug-likeness (QED) is 0.393. The van der Waals surface area contributed by atoms with Crippen molar-refractivity contribution in [2.45, 2.75) is 14.1 Å². The van der Waals surface area contributed by atoms with Gasteiger partial charge in [-0.25, -0.2) is 0 Å². The van der Waals surface area contributed by atoms with E-state index in [2.05, 4.69) is 10.9 Å². The molecule has 14 heteroatoms. The molecular formula is C17H10Cl6N2O6. The number of hydrazine groups is 1. The number of carbonyl (C=O) groups excluding carboxylic acids is 2. The van der Waals surface area contributed by atoms with Crippen molar-refractivity contribution in [1.29, 1.82) is 0 Å². The number of ether oxygens (including phenoxy) is 2. The molecule has 4 rings (SSSR count). The minimum absolute atomic E-state index is 0.0167. The van der Waals surface area contributed by atoms with Gasteiger partial charge in [-0.3, -0.25) is 25.2 Å². The van der Waals surface area contributed by atoms with Gasteiger partial charge in [0.25, 0.3) is 5.91 Å². The Kier molecular flexibility index (Phi) is 5.44. The van der Waals surface area contributed by atoms with E-state index < -0.39 is 43.7 Å². The lowest BCUT2D eigenvalue weighted by atomic mass is 9.81. The zero-order valence-electron chi connectivity index (χ0n) is 14.9. The first-order chi connectivity index (χ1) is 14.4. The van der Waals surface area contributed by atoms with E-state index in [4.69, 9.17) is 79.1 Å². The maximum absolute atomic E-state index is 12.9. The lowest BCUT2D eigenvalue weighted by Crippen LogP contribution is -2.53. The third-order valence-corrected chi connectivity index (χ3v) is 9.68. The Morgan fingerprint density at radius 2 is 1.52 bits per heavy atom. The Morgan fingerprint density at radius 3 is 2.13 bits per heavy atom. The molecule has 31 heavy (non-hydrogen) atoms. The topological polar surface area (TPSA) is 114 Å². The van der Waals surface area contributed by atoms with Crippen molar-refractivity contribution in [1.82, 2.24) is 10.9 Å². The molecule has 1 fully saturated rings. The van der Waals surface area contributed by atoms with Crippen LogP contribution < -0.4 is 20.3 Å². The maximum atomic E-state index is 12.9. The van der Waals surface area contributed by atoms with E-state index in [-0.39, 0.29) is 22.4 Å². The number of fused-ring (bicyclic) bond motifs is 3. The van der Waals surface area contributed by atoms with Crippen LogP contribution in [0.25, 0.3) is 0 Å². The SMILES string of the molecule is O=C(NNC(=O)[C@H]1[C@H](C(=O)O)[C@@]2(Cl)C(Cl)=C(Cl)[C@@]1(Cl)C2(Cl)Cl)c1ccc2c(c1)OCO2. The number of carboxylic acid groups (broad SMARTS) is 1. The number of hydrogen-bond donors (Lipinski definition) is 3. The van der Waals surface area contributed by atoms with Gasteiger partial charge < -0.3 is 14.6 Å². The molecule has 1 aromatic rings. The summed E-state index contributed by atoms with van der Waals surface area (Å²) in [4.78, 5) is 33.0. The summed E-state index contributed by atoms with van der Waals surface area (Å²) in [6.45, 7) is 0.0167. The second-order valence-corrected chi connectivity index (χ2v) is 10.2. The number of carbonyl (C=O) groups is 3. The highest BCUT2D eigenvalue weighted by Crippen LogP contribution is 2.76. The molecule has 2 amide bonds. The van der Waals surface area contributed by atoms with Crippen LogP contribution in [0.1, 0.15) is 10.4 Å². The second kappa shape index (κ2) is 7.37. The van der Waals surface area contributed by atoms with E-state index in [1.54, 1.807) is 0 Å². The summed E-state index contributed by atoms with van der Waals surface area (Å²) < 4.78 is 8.11. The van der Waals surface area contributed by atoms with Crippen molar-refractivity contribution in [3.05, 3.63) is 33.8 Å². The van der Waals surface area contributed by atoms with Gasteiger partial charge in [-0.2, -0.15) is 0 Å². The van der Waals surface area contributed by atoms with Crippen molar-refractivity contribution in [2.75, 3.05) is 6.79 Å². The van der Waals surface area contributed by atoms with Crippen molar-refractivity contribution >= 4 is 87.4 Å². The Bertz CT molecular complexity index is 1060. The minimum Gasteiger partial charge on any atom is -0.481 e. The van der Waals surface area contributed by atoms with Crippen molar-refractivity contribution < 1.29 is 29.0 Å². The molecule has 8 nitrogen and oxygen atoms in total. The van der Waals surface area contributed by atoms with Crippen LogP contribution in [0.3, 0.4) is 0 Å². The predicted octanol–water partition coefficient (Wildman–Crippen LogP) is 3.34. The van der Waals surface area contributed by atoms with Crippen LogP contribution in [0.4, 0.5) is 0 Å². The molecular weight excluding hydrogens is 541 g/mol. The van der Waals surface area contributed by atoms with Gasteiger partial charge in [-0.05, 0) is 18.2 Å². The highest BCUT2D eigenvalue weighted by Gasteiger charge is 2.85. The van der Waals surface area contributed by atoms with E-state index in [1.165, 1.54) is 18.2 Å². The fourth-order valence-electron chi connectivity index (χ4n) is 3.93. The van der Waals surface area contributed by atoms with E-state index in [1.807, 2.05) is 0 Å². The van der Waals surface area contributed by atoms with Crippen molar-refractivity contribution in [3.63, 3.8) is 0 Å². The summed E-state index contributed by atoms with van der Waals surface area (Å²) in [6.07, 6.45) is 0. The summed E-state index contributed by atoms with van der Waals surface area (Å²) in [6, 6.07) is 4.35. The van der Waals surface area contributed by atoms with Crippen molar-refractivity contribution in [3.8, 4) is 11.5 Å². The standard InChI is InChI=1S/C17H10Cl6N2O6/c18-10-11(19)16(21)9(14(28)29)8(15(10,20)17(16,22)23)13(27)25-24-12(26)5-1-2-6-7(3-5)31-4-30-6/h1-3,8-9H,4H2,(H,24,26)(H,25,27)(H,28,29)/t8-,9-,15-,16-/m1/s1. The monoisotopic (exact) mass is 548 g/mol. The van der Waals surface area contributed by atoms with Crippen LogP contribution in [0.2, 0.25) is 0 Å². The Hall–Kier alpha value is -1.29. The van der Waals surface area contributed by atoms with E-state index >= 15 is 0 Å². The Labute approximate surface area is 204 Å². The summed E-state index contributed by atoms with van der Waals surface area (Å²) in [5, 5.41) is 9.02. The Balaban J connectivity index is 1.59. The molecule has 0 spiro atoms. The molecule has 166 valence electrons. The van der Waals surface area contributed by atoms with Gasteiger partial charge in [0.1, 0.15) is 9.75 Å². The molecule has 0 unspecified atom stereocenters. The zero-order chi connectivity index (χ0) is 22.9. The van der Waals surface area contributed by atoms with Gasteiger partial charge in [-0.15, -0.1) is 23.2 Å². The summed E-state index contributed by atoms with van der Waals surface area (Å²) in [5.41, 5.74) is 4.41. The number of rotatable bonds is 3. The normalized spacial score (nSPS) is 32.2. The van der Waals surface area contributed by atoms with Crippen LogP contribution >= 0.6 is 69.6 Å².